The largest absolute Gasteiger partial charge is 0.339 e. The van der Waals surface area contributed by atoms with E-state index in [9.17, 15) is 4.79 Å². The minimum atomic E-state index is 0.100. The Kier molecular flexibility index (Phi) is 5.08. The Morgan fingerprint density at radius 1 is 1.23 bits per heavy atom. The van der Waals surface area contributed by atoms with Crippen molar-refractivity contribution in [3.63, 3.8) is 0 Å². The van der Waals surface area contributed by atoms with E-state index in [1.807, 2.05) is 4.68 Å². The lowest BCUT2D eigenvalue weighted by atomic mass is 9.98. The molecule has 2 fully saturated rings. The summed E-state index contributed by atoms with van der Waals surface area (Å²) in [4.78, 5) is 21.5. The summed E-state index contributed by atoms with van der Waals surface area (Å²) in [6.45, 7) is 5.97. The number of aromatic nitrogens is 3. The van der Waals surface area contributed by atoms with Crippen LogP contribution in [0, 0.1) is 0 Å². The number of rotatable bonds is 4. The molecular weight excluding hydrogens is 278 g/mol. The highest BCUT2D eigenvalue weighted by Crippen LogP contribution is 2.24. The highest BCUT2D eigenvalue weighted by Gasteiger charge is 2.34. The van der Waals surface area contributed by atoms with Crippen molar-refractivity contribution in [2.75, 3.05) is 26.2 Å². The van der Waals surface area contributed by atoms with Crippen molar-refractivity contribution in [1.29, 1.82) is 0 Å². The molecule has 0 N–H and O–H groups in total. The van der Waals surface area contributed by atoms with E-state index in [1.54, 1.807) is 12.7 Å². The summed E-state index contributed by atoms with van der Waals surface area (Å²) < 4.78 is 1.91. The topological polar surface area (TPSA) is 54.3 Å². The third-order valence-electron chi connectivity index (χ3n) is 4.93. The SMILES string of the molecule is CCCN1CCCC[C@H]1C(=O)N1CCC[C@H](n2cncn2)C1. The molecule has 122 valence electrons. The zero-order chi connectivity index (χ0) is 15.4. The Hall–Kier alpha value is -1.43. The van der Waals surface area contributed by atoms with Gasteiger partial charge in [-0.05, 0) is 45.2 Å². The van der Waals surface area contributed by atoms with Crippen LogP contribution >= 0.6 is 0 Å². The van der Waals surface area contributed by atoms with Gasteiger partial charge in [-0.1, -0.05) is 13.3 Å². The van der Waals surface area contributed by atoms with Gasteiger partial charge in [0.25, 0.3) is 0 Å². The van der Waals surface area contributed by atoms with E-state index in [2.05, 4.69) is 26.8 Å². The third kappa shape index (κ3) is 3.32. The standard InChI is InChI=1S/C16H27N5O/c1-2-8-19-9-4-3-7-15(19)16(22)20-10-5-6-14(11-20)21-13-17-12-18-21/h12-15H,2-11H2,1H3/t14-,15-/m0/s1. The predicted molar refractivity (Wildman–Crippen MR) is 84.4 cm³/mol. The first-order valence-electron chi connectivity index (χ1n) is 8.66. The molecule has 1 amide bonds. The molecule has 2 atom stereocenters. The highest BCUT2D eigenvalue weighted by atomic mass is 16.2. The molecule has 0 bridgehead atoms. The van der Waals surface area contributed by atoms with Crippen LogP contribution in [0.25, 0.3) is 0 Å². The number of carbonyl (C=O) groups excluding carboxylic acids is 1. The maximum absolute atomic E-state index is 13.0. The first kappa shape index (κ1) is 15.5. The first-order valence-corrected chi connectivity index (χ1v) is 8.66. The van der Waals surface area contributed by atoms with Gasteiger partial charge in [-0.15, -0.1) is 0 Å². The minimum absolute atomic E-state index is 0.100. The van der Waals surface area contributed by atoms with Gasteiger partial charge in [0.05, 0.1) is 12.1 Å². The van der Waals surface area contributed by atoms with E-state index >= 15 is 0 Å². The Balaban J connectivity index is 1.65. The van der Waals surface area contributed by atoms with Crippen LogP contribution in [-0.2, 0) is 4.79 Å². The molecule has 0 aliphatic carbocycles. The average molecular weight is 305 g/mol. The third-order valence-corrected chi connectivity index (χ3v) is 4.93. The molecule has 0 unspecified atom stereocenters. The van der Waals surface area contributed by atoms with Gasteiger partial charge in [0.2, 0.25) is 5.91 Å². The zero-order valence-electron chi connectivity index (χ0n) is 13.5. The van der Waals surface area contributed by atoms with Gasteiger partial charge >= 0.3 is 0 Å². The molecule has 2 aliphatic rings. The second-order valence-electron chi connectivity index (χ2n) is 6.50. The van der Waals surface area contributed by atoms with Gasteiger partial charge in [-0.2, -0.15) is 5.10 Å². The molecule has 2 saturated heterocycles. The van der Waals surface area contributed by atoms with Crippen LogP contribution in [-0.4, -0.2) is 62.7 Å². The van der Waals surface area contributed by atoms with Crippen LogP contribution in [0.3, 0.4) is 0 Å². The van der Waals surface area contributed by atoms with Gasteiger partial charge < -0.3 is 4.90 Å². The Morgan fingerprint density at radius 3 is 2.91 bits per heavy atom. The number of hydrogen-bond donors (Lipinski definition) is 0. The van der Waals surface area contributed by atoms with E-state index in [0.717, 1.165) is 51.9 Å². The van der Waals surface area contributed by atoms with Crippen LogP contribution in [0.1, 0.15) is 51.5 Å². The highest BCUT2D eigenvalue weighted by molar-refractivity contribution is 5.82. The summed E-state index contributed by atoms with van der Waals surface area (Å²) in [5.74, 6) is 0.331. The lowest BCUT2D eigenvalue weighted by Crippen LogP contribution is -2.53. The molecule has 1 aromatic heterocycles. The molecule has 0 aromatic carbocycles. The van der Waals surface area contributed by atoms with E-state index in [-0.39, 0.29) is 12.1 Å². The molecule has 1 aromatic rings. The summed E-state index contributed by atoms with van der Waals surface area (Å²) in [7, 11) is 0. The maximum Gasteiger partial charge on any atom is 0.239 e. The molecular formula is C16H27N5O. The Labute approximate surface area is 132 Å². The second-order valence-corrected chi connectivity index (χ2v) is 6.50. The molecule has 0 radical (unpaired) electrons. The fourth-order valence-electron chi connectivity index (χ4n) is 3.81. The lowest BCUT2D eigenvalue weighted by Gasteiger charge is -2.40. The Morgan fingerprint density at radius 2 is 2.14 bits per heavy atom. The van der Waals surface area contributed by atoms with Crippen molar-refractivity contribution in [3.8, 4) is 0 Å². The van der Waals surface area contributed by atoms with Crippen molar-refractivity contribution in [3.05, 3.63) is 12.7 Å². The molecule has 22 heavy (non-hydrogen) atoms. The molecule has 0 spiro atoms. The summed E-state index contributed by atoms with van der Waals surface area (Å²) in [5, 5.41) is 4.25. The fourth-order valence-corrected chi connectivity index (χ4v) is 3.81. The number of likely N-dealkylation sites (tertiary alicyclic amines) is 2. The fraction of sp³-hybridized carbons (Fsp3) is 0.812. The van der Waals surface area contributed by atoms with E-state index in [0.29, 0.717) is 5.91 Å². The maximum atomic E-state index is 13.0. The number of carbonyl (C=O) groups is 1. The van der Waals surface area contributed by atoms with Gasteiger partial charge in [0.15, 0.2) is 0 Å². The summed E-state index contributed by atoms with van der Waals surface area (Å²) in [5.41, 5.74) is 0. The van der Waals surface area contributed by atoms with Crippen molar-refractivity contribution in [1.82, 2.24) is 24.6 Å². The quantitative estimate of drug-likeness (QED) is 0.850. The molecule has 2 aliphatic heterocycles. The number of piperidine rings is 2. The number of nitrogens with zero attached hydrogens (tertiary/aromatic N) is 5. The van der Waals surface area contributed by atoms with Gasteiger partial charge in [0.1, 0.15) is 12.7 Å². The molecule has 3 rings (SSSR count). The normalized spacial score (nSPS) is 27.0. The molecule has 6 heteroatoms. The zero-order valence-corrected chi connectivity index (χ0v) is 13.5. The van der Waals surface area contributed by atoms with E-state index in [4.69, 9.17) is 0 Å². The van der Waals surface area contributed by atoms with Crippen molar-refractivity contribution in [2.24, 2.45) is 0 Å². The average Bonchev–Trinajstić information content (AvgIpc) is 3.10. The Bertz CT molecular complexity index is 473. The summed E-state index contributed by atoms with van der Waals surface area (Å²) >= 11 is 0. The number of amides is 1. The lowest BCUT2D eigenvalue weighted by molar-refractivity contribution is -0.140. The smallest absolute Gasteiger partial charge is 0.239 e. The van der Waals surface area contributed by atoms with Crippen LogP contribution in [0.2, 0.25) is 0 Å². The van der Waals surface area contributed by atoms with Crippen molar-refractivity contribution >= 4 is 5.91 Å². The summed E-state index contributed by atoms with van der Waals surface area (Å²) in [6, 6.07) is 0.381. The van der Waals surface area contributed by atoms with Crippen molar-refractivity contribution < 1.29 is 4.79 Å². The van der Waals surface area contributed by atoms with Gasteiger partial charge in [0, 0.05) is 13.1 Å². The molecule has 3 heterocycles. The van der Waals surface area contributed by atoms with Gasteiger partial charge in [-0.25, -0.2) is 9.67 Å². The van der Waals surface area contributed by atoms with Crippen LogP contribution < -0.4 is 0 Å². The first-order chi connectivity index (χ1) is 10.8. The molecule has 0 saturated carbocycles. The van der Waals surface area contributed by atoms with Crippen LogP contribution in [0.4, 0.5) is 0 Å². The molecule has 6 nitrogen and oxygen atoms in total. The van der Waals surface area contributed by atoms with E-state index < -0.39 is 0 Å². The van der Waals surface area contributed by atoms with Gasteiger partial charge in [-0.3, -0.25) is 9.69 Å². The van der Waals surface area contributed by atoms with Crippen LogP contribution in [0.5, 0.6) is 0 Å². The van der Waals surface area contributed by atoms with E-state index in [1.165, 1.54) is 12.8 Å². The van der Waals surface area contributed by atoms with Crippen molar-refractivity contribution in [2.45, 2.75) is 57.5 Å². The monoisotopic (exact) mass is 305 g/mol. The second kappa shape index (κ2) is 7.22. The minimum Gasteiger partial charge on any atom is -0.339 e. The number of hydrogen-bond acceptors (Lipinski definition) is 4. The summed E-state index contributed by atoms with van der Waals surface area (Å²) in [6.07, 6.45) is 10.0. The predicted octanol–water partition coefficient (Wildman–Crippen LogP) is 1.71. The van der Waals surface area contributed by atoms with Crippen LogP contribution in [0.15, 0.2) is 12.7 Å².